The van der Waals surface area contributed by atoms with Gasteiger partial charge >= 0.3 is 5.97 Å². The van der Waals surface area contributed by atoms with E-state index < -0.39 is 12.0 Å². The number of aliphatic carboxylic acids is 1. The molecule has 1 aliphatic heterocycles. The molecule has 38 heavy (non-hydrogen) atoms. The molecule has 2 N–H and O–H groups in total. The van der Waals surface area contributed by atoms with Crippen LogP contribution < -0.4 is 5.32 Å². The number of hydrogen-bond donors (Lipinski definition) is 2. The molecule has 0 bridgehead atoms. The minimum Gasteiger partial charge on any atom is -0.480 e. The lowest BCUT2D eigenvalue weighted by molar-refractivity contribution is -0.142. The van der Waals surface area contributed by atoms with Crippen molar-refractivity contribution in [2.24, 2.45) is 0 Å². The molecular formula is C34H34N2O2. The molecule has 1 heterocycles. The molecule has 2 atom stereocenters. The van der Waals surface area contributed by atoms with Crippen LogP contribution in [0.4, 0.5) is 0 Å². The predicted molar refractivity (Wildman–Crippen MR) is 153 cm³/mol. The van der Waals surface area contributed by atoms with Crippen LogP contribution in [-0.4, -0.2) is 34.6 Å². The Labute approximate surface area is 225 Å². The summed E-state index contributed by atoms with van der Waals surface area (Å²) >= 11 is 0. The summed E-state index contributed by atoms with van der Waals surface area (Å²) in [5, 5.41) is 13.9. The van der Waals surface area contributed by atoms with Crippen molar-refractivity contribution >= 4 is 5.97 Å². The number of nitrogens with one attached hydrogen (secondary N) is 1. The molecule has 0 saturated carbocycles. The highest BCUT2D eigenvalue weighted by Crippen LogP contribution is 2.36. The number of hydrogen-bond acceptors (Lipinski definition) is 3. The molecular weight excluding hydrogens is 468 g/mol. The highest BCUT2D eigenvalue weighted by molar-refractivity contribution is 5.74. The van der Waals surface area contributed by atoms with Gasteiger partial charge in [0.25, 0.3) is 0 Å². The topological polar surface area (TPSA) is 52.6 Å². The largest absolute Gasteiger partial charge is 0.480 e. The van der Waals surface area contributed by atoms with Gasteiger partial charge in [-0.15, -0.1) is 0 Å². The maximum atomic E-state index is 12.5. The fraction of sp³-hybridized carbons (Fsp3) is 0.206. The first-order valence-electron chi connectivity index (χ1n) is 13.2. The lowest BCUT2D eigenvalue weighted by atomic mass is 9.87. The number of carbonyl (C=O) groups is 1. The monoisotopic (exact) mass is 502 g/mol. The summed E-state index contributed by atoms with van der Waals surface area (Å²) in [7, 11) is 0. The number of carboxylic acids is 1. The summed E-state index contributed by atoms with van der Waals surface area (Å²) < 4.78 is 0. The van der Waals surface area contributed by atoms with E-state index in [1.54, 1.807) is 0 Å². The molecule has 5 rings (SSSR count). The Balaban J connectivity index is 1.37. The SMILES string of the molecule is C=C(CC(c1ccccc1)c1ccccc1)N[C@H]1CC(C(=O)O)N(C(c2ccccc2)c2ccccc2)C1. The molecule has 4 nitrogen and oxygen atoms in total. The first-order chi connectivity index (χ1) is 18.6. The number of benzene rings is 4. The van der Waals surface area contributed by atoms with Gasteiger partial charge in [0, 0.05) is 24.2 Å². The van der Waals surface area contributed by atoms with Crippen LogP contribution in [0, 0.1) is 0 Å². The van der Waals surface area contributed by atoms with E-state index in [9.17, 15) is 9.90 Å². The van der Waals surface area contributed by atoms with Gasteiger partial charge in [-0.2, -0.15) is 0 Å². The van der Waals surface area contributed by atoms with E-state index >= 15 is 0 Å². The predicted octanol–water partition coefficient (Wildman–Crippen LogP) is 6.63. The Morgan fingerprint density at radius 3 is 1.61 bits per heavy atom. The number of likely N-dealkylation sites (tertiary alicyclic amines) is 1. The summed E-state index contributed by atoms with van der Waals surface area (Å²) in [4.78, 5) is 14.6. The summed E-state index contributed by atoms with van der Waals surface area (Å²) in [5.74, 6) is -0.616. The molecule has 1 saturated heterocycles. The zero-order valence-corrected chi connectivity index (χ0v) is 21.5. The fourth-order valence-corrected chi connectivity index (χ4v) is 5.73. The standard InChI is InChI=1S/C34H34N2O2/c1-25(22-31(26-14-6-2-7-15-26)27-16-8-3-9-17-27)35-30-23-32(34(37)38)36(24-30)33(28-18-10-4-11-19-28)29-20-12-5-13-21-29/h2-21,30-33,35H,1,22-24H2,(H,37,38)/t30-,32?/m0/s1. The van der Waals surface area contributed by atoms with Crippen molar-refractivity contribution in [3.63, 3.8) is 0 Å². The smallest absolute Gasteiger partial charge is 0.321 e. The second kappa shape index (κ2) is 11.9. The van der Waals surface area contributed by atoms with Crippen molar-refractivity contribution in [3.05, 3.63) is 156 Å². The maximum Gasteiger partial charge on any atom is 0.321 e. The van der Waals surface area contributed by atoms with Gasteiger partial charge in [0.2, 0.25) is 0 Å². The molecule has 4 aromatic carbocycles. The first-order valence-corrected chi connectivity index (χ1v) is 13.2. The van der Waals surface area contributed by atoms with Gasteiger partial charge in [0.15, 0.2) is 0 Å². The van der Waals surface area contributed by atoms with Crippen LogP contribution in [0.15, 0.2) is 134 Å². The second-order valence-electron chi connectivity index (χ2n) is 10.0. The second-order valence-corrected chi connectivity index (χ2v) is 10.0. The molecule has 0 radical (unpaired) electrons. The van der Waals surface area contributed by atoms with Gasteiger partial charge in [0.05, 0.1) is 6.04 Å². The van der Waals surface area contributed by atoms with E-state index in [0.717, 1.165) is 23.2 Å². The maximum absolute atomic E-state index is 12.5. The van der Waals surface area contributed by atoms with Gasteiger partial charge in [-0.05, 0) is 35.1 Å². The fourth-order valence-electron chi connectivity index (χ4n) is 5.73. The Bertz CT molecular complexity index is 1250. The summed E-state index contributed by atoms with van der Waals surface area (Å²) in [5.41, 5.74) is 5.60. The summed E-state index contributed by atoms with van der Waals surface area (Å²) in [6, 6.07) is 40.6. The zero-order chi connectivity index (χ0) is 26.3. The molecule has 0 amide bonds. The first kappa shape index (κ1) is 25.5. The quantitative estimate of drug-likeness (QED) is 0.256. The Kier molecular flexibility index (Phi) is 8.01. The van der Waals surface area contributed by atoms with Gasteiger partial charge in [0.1, 0.15) is 6.04 Å². The minimum absolute atomic E-state index is 0.00859. The summed E-state index contributed by atoms with van der Waals surface area (Å²) in [6.07, 6.45) is 1.26. The average molecular weight is 503 g/mol. The van der Waals surface area contributed by atoms with Crippen molar-refractivity contribution in [1.29, 1.82) is 0 Å². The molecule has 0 aliphatic carbocycles. The summed E-state index contributed by atoms with van der Waals surface area (Å²) in [6.45, 7) is 5.00. The third-order valence-corrected chi connectivity index (χ3v) is 7.45. The molecule has 1 aliphatic rings. The van der Waals surface area contributed by atoms with Gasteiger partial charge in [-0.25, -0.2) is 0 Å². The molecule has 4 heteroatoms. The Morgan fingerprint density at radius 1 is 0.763 bits per heavy atom. The third kappa shape index (κ3) is 5.87. The number of carboxylic acid groups (broad SMARTS) is 1. The third-order valence-electron chi connectivity index (χ3n) is 7.45. The molecule has 4 aromatic rings. The van der Waals surface area contributed by atoms with Crippen LogP contribution in [0.1, 0.15) is 47.1 Å². The van der Waals surface area contributed by atoms with Crippen molar-refractivity contribution in [2.75, 3.05) is 6.54 Å². The molecule has 0 aromatic heterocycles. The van der Waals surface area contributed by atoms with Crippen molar-refractivity contribution in [2.45, 2.75) is 36.9 Å². The zero-order valence-electron chi connectivity index (χ0n) is 21.5. The molecule has 1 unspecified atom stereocenters. The van der Waals surface area contributed by atoms with Crippen molar-refractivity contribution in [3.8, 4) is 0 Å². The van der Waals surface area contributed by atoms with Crippen LogP contribution in [0.3, 0.4) is 0 Å². The molecule has 192 valence electrons. The van der Waals surface area contributed by atoms with Crippen molar-refractivity contribution < 1.29 is 9.90 Å². The minimum atomic E-state index is -0.789. The Hall–Kier alpha value is -4.15. The highest BCUT2D eigenvalue weighted by Gasteiger charge is 2.41. The molecule has 0 spiro atoms. The van der Waals surface area contributed by atoms with E-state index in [1.807, 2.05) is 48.5 Å². The number of rotatable bonds is 10. The van der Waals surface area contributed by atoms with Gasteiger partial charge < -0.3 is 10.4 Å². The lowest BCUT2D eigenvalue weighted by Gasteiger charge is -2.32. The van der Waals surface area contributed by atoms with Gasteiger partial charge in [-0.1, -0.05) is 128 Å². The van der Waals surface area contributed by atoms with Crippen LogP contribution in [0.5, 0.6) is 0 Å². The van der Waals surface area contributed by atoms with Crippen molar-refractivity contribution in [1.82, 2.24) is 10.2 Å². The van der Waals surface area contributed by atoms with E-state index in [4.69, 9.17) is 0 Å². The van der Waals surface area contributed by atoms with E-state index in [1.165, 1.54) is 11.1 Å². The number of allylic oxidation sites excluding steroid dienone is 1. The normalized spacial score (nSPS) is 17.5. The molecule has 1 fully saturated rings. The van der Waals surface area contributed by atoms with Crippen LogP contribution in [-0.2, 0) is 4.79 Å². The van der Waals surface area contributed by atoms with E-state index in [-0.39, 0.29) is 18.0 Å². The lowest BCUT2D eigenvalue weighted by Crippen LogP contribution is -2.39. The Morgan fingerprint density at radius 2 is 1.18 bits per heavy atom. The van der Waals surface area contributed by atoms with Gasteiger partial charge in [-0.3, -0.25) is 9.69 Å². The highest BCUT2D eigenvalue weighted by atomic mass is 16.4. The van der Waals surface area contributed by atoms with Crippen LogP contribution in [0.25, 0.3) is 0 Å². The average Bonchev–Trinajstić information content (AvgIpc) is 3.37. The number of nitrogens with zero attached hydrogens (tertiary/aromatic N) is 1. The van der Waals surface area contributed by atoms with Crippen LogP contribution >= 0.6 is 0 Å². The van der Waals surface area contributed by atoms with E-state index in [2.05, 4.69) is 89.6 Å². The van der Waals surface area contributed by atoms with Crippen LogP contribution in [0.2, 0.25) is 0 Å². The van der Waals surface area contributed by atoms with E-state index in [0.29, 0.717) is 13.0 Å².